The third-order valence-electron chi connectivity index (χ3n) is 5.32. The van der Waals surface area contributed by atoms with Crippen LogP contribution < -0.4 is 4.90 Å². The van der Waals surface area contributed by atoms with E-state index in [2.05, 4.69) is 13.8 Å². The number of carbonyl (C=O) groups excluding carboxylic acids is 2. The van der Waals surface area contributed by atoms with Gasteiger partial charge < -0.3 is 0 Å². The van der Waals surface area contributed by atoms with Crippen molar-refractivity contribution in [3.63, 3.8) is 0 Å². The number of aryl methyl sites for hydroxylation is 1. The van der Waals surface area contributed by atoms with Gasteiger partial charge >= 0.3 is 0 Å². The van der Waals surface area contributed by atoms with Crippen molar-refractivity contribution in [2.75, 3.05) is 4.90 Å². The van der Waals surface area contributed by atoms with Crippen LogP contribution in [0.3, 0.4) is 0 Å². The molecule has 26 heavy (non-hydrogen) atoms. The van der Waals surface area contributed by atoms with Gasteiger partial charge in [0.1, 0.15) is 0 Å². The van der Waals surface area contributed by atoms with E-state index in [-0.39, 0.29) is 23.0 Å². The second-order valence-electron chi connectivity index (χ2n) is 8.14. The first-order valence-corrected chi connectivity index (χ1v) is 9.93. The summed E-state index contributed by atoms with van der Waals surface area (Å²) in [6.07, 6.45) is 1.65. The molecule has 1 atom stereocenters. The van der Waals surface area contributed by atoms with E-state index in [1.165, 1.54) is 0 Å². The highest BCUT2D eigenvalue weighted by atomic mass is 32.1. The lowest BCUT2D eigenvalue weighted by Gasteiger charge is -2.42. The van der Waals surface area contributed by atoms with Crippen LogP contribution >= 0.6 is 11.3 Å². The van der Waals surface area contributed by atoms with Gasteiger partial charge in [-0.05, 0) is 42.3 Å². The maximum absolute atomic E-state index is 13.1. The Kier molecular flexibility index (Phi) is 4.11. The summed E-state index contributed by atoms with van der Waals surface area (Å²) in [4.78, 5) is 29.2. The second-order valence-corrected chi connectivity index (χ2v) is 9.12. The van der Waals surface area contributed by atoms with Crippen LogP contribution in [0.1, 0.15) is 49.5 Å². The molecule has 2 aliphatic rings. The van der Waals surface area contributed by atoms with Crippen LogP contribution in [0.4, 0.5) is 5.69 Å². The first-order chi connectivity index (χ1) is 12.4. The van der Waals surface area contributed by atoms with E-state index in [0.717, 1.165) is 33.8 Å². The molecule has 0 saturated carbocycles. The number of Topliss-reactive ketones (excluding diaryl/α,β-unsaturated/α-hetero) is 1. The molecule has 0 spiro atoms. The summed E-state index contributed by atoms with van der Waals surface area (Å²) >= 11 is 1.63. The predicted molar refractivity (Wildman–Crippen MR) is 105 cm³/mol. The second kappa shape index (κ2) is 6.20. The first kappa shape index (κ1) is 17.2. The number of thiophene rings is 1. The van der Waals surface area contributed by atoms with Crippen LogP contribution in [-0.4, -0.2) is 11.7 Å². The average molecular weight is 365 g/mol. The van der Waals surface area contributed by atoms with Gasteiger partial charge in [0.2, 0.25) is 5.91 Å². The fourth-order valence-electron chi connectivity index (χ4n) is 4.14. The number of ketones is 1. The van der Waals surface area contributed by atoms with Gasteiger partial charge in [-0.2, -0.15) is 0 Å². The first-order valence-electron chi connectivity index (χ1n) is 9.05. The Morgan fingerprint density at radius 1 is 1.08 bits per heavy atom. The third kappa shape index (κ3) is 2.92. The van der Waals surface area contributed by atoms with Gasteiger partial charge in [-0.15, -0.1) is 11.3 Å². The molecule has 0 radical (unpaired) electrons. The number of amides is 1. The van der Waals surface area contributed by atoms with Crippen molar-refractivity contribution in [3.8, 4) is 0 Å². The van der Waals surface area contributed by atoms with Crippen LogP contribution in [0.5, 0.6) is 0 Å². The number of carbonyl (C=O) groups is 2. The van der Waals surface area contributed by atoms with Gasteiger partial charge in [0.15, 0.2) is 5.78 Å². The van der Waals surface area contributed by atoms with Crippen molar-refractivity contribution >= 4 is 28.7 Å². The van der Waals surface area contributed by atoms with E-state index in [0.29, 0.717) is 12.8 Å². The topological polar surface area (TPSA) is 37.4 Å². The summed E-state index contributed by atoms with van der Waals surface area (Å²) in [5.74, 6) is 0.179. The third-order valence-corrected chi connectivity index (χ3v) is 6.31. The fraction of sp³-hybridized carbons (Fsp3) is 0.364. The van der Waals surface area contributed by atoms with Gasteiger partial charge in [-0.25, -0.2) is 0 Å². The number of hydrogen-bond acceptors (Lipinski definition) is 3. The summed E-state index contributed by atoms with van der Waals surface area (Å²) < 4.78 is 0. The van der Waals surface area contributed by atoms with Gasteiger partial charge in [0.25, 0.3) is 0 Å². The maximum atomic E-state index is 13.1. The quantitative estimate of drug-likeness (QED) is 0.732. The molecule has 0 unspecified atom stereocenters. The highest BCUT2D eigenvalue weighted by Crippen LogP contribution is 2.48. The van der Waals surface area contributed by atoms with Crippen molar-refractivity contribution in [1.82, 2.24) is 0 Å². The summed E-state index contributed by atoms with van der Waals surface area (Å²) in [5.41, 5.74) is 3.65. The zero-order chi connectivity index (χ0) is 18.5. The molecular formula is C22H23NO2S. The Morgan fingerprint density at radius 2 is 1.81 bits per heavy atom. The van der Waals surface area contributed by atoms with Crippen LogP contribution in [0.25, 0.3) is 0 Å². The summed E-state index contributed by atoms with van der Waals surface area (Å²) in [7, 11) is 0. The number of hydrogen-bond donors (Lipinski definition) is 0. The van der Waals surface area contributed by atoms with E-state index in [1.54, 1.807) is 16.2 Å². The van der Waals surface area contributed by atoms with Gasteiger partial charge in [-0.3, -0.25) is 14.5 Å². The van der Waals surface area contributed by atoms with E-state index in [4.69, 9.17) is 0 Å². The number of allylic oxidation sites excluding steroid dienone is 2. The largest absolute Gasteiger partial charge is 0.294 e. The maximum Gasteiger partial charge on any atom is 0.232 e. The van der Waals surface area contributed by atoms with Crippen molar-refractivity contribution in [2.45, 2.75) is 46.0 Å². The van der Waals surface area contributed by atoms with Crippen LogP contribution in [0.2, 0.25) is 0 Å². The molecule has 0 fully saturated rings. The summed E-state index contributed by atoms with van der Waals surface area (Å²) in [6.45, 7) is 6.26. The molecule has 2 aromatic rings. The molecule has 134 valence electrons. The molecule has 0 bridgehead atoms. The molecule has 1 aliphatic carbocycles. The molecule has 0 saturated heterocycles. The molecular weight excluding hydrogens is 342 g/mol. The zero-order valence-electron chi connectivity index (χ0n) is 15.4. The fourth-order valence-corrected chi connectivity index (χ4v) is 4.98. The Balaban J connectivity index is 1.89. The van der Waals surface area contributed by atoms with Crippen LogP contribution in [0, 0.1) is 12.3 Å². The molecule has 4 heteroatoms. The minimum absolute atomic E-state index is 0.0801. The monoisotopic (exact) mass is 365 g/mol. The molecule has 1 aliphatic heterocycles. The lowest BCUT2D eigenvalue weighted by molar-refractivity contribution is -0.120. The Labute approximate surface area is 158 Å². The van der Waals surface area contributed by atoms with Crippen molar-refractivity contribution in [1.29, 1.82) is 0 Å². The van der Waals surface area contributed by atoms with Crippen molar-refractivity contribution in [2.24, 2.45) is 5.41 Å². The van der Waals surface area contributed by atoms with Crippen molar-refractivity contribution in [3.05, 3.63) is 63.5 Å². The highest BCUT2D eigenvalue weighted by Gasteiger charge is 2.44. The normalized spacial score (nSPS) is 22.6. The van der Waals surface area contributed by atoms with Gasteiger partial charge in [-0.1, -0.05) is 37.6 Å². The van der Waals surface area contributed by atoms with E-state index < -0.39 is 0 Å². The van der Waals surface area contributed by atoms with E-state index >= 15 is 0 Å². The average Bonchev–Trinajstić information content (AvgIpc) is 3.08. The number of benzene rings is 1. The highest BCUT2D eigenvalue weighted by molar-refractivity contribution is 7.10. The zero-order valence-corrected chi connectivity index (χ0v) is 16.2. The van der Waals surface area contributed by atoms with Crippen molar-refractivity contribution < 1.29 is 9.59 Å². The minimum Gasteiger partial charge on any atom is -0.294 e. The SMILES string of the molecule is Cc1ccc(N2C(=O)C[C@H](c3cccs3)C3=C2CC(C)(C)CC3=O)cc1. The number of nitrogens with zero attached hydrogens (tertiary/aromatic N) is 1. The minimum atomic E-state index is -0.128. The van der Waals surface area contributed by atoms with Gasteiger partial charge in [0, 0.05) is 40.6 Å². The Bertz CT molecular complexity index is 891. The Morgan fingerprint density at radius 3 is 2.46 bits per heavy atom. The standard InChI is InChI=1S/C22H23NO2S/c1-14-6-8-15(9-7-14)23-17-12-22(2,3)13-18(24)21(17)16(11-20(23)25)19-5-4-10-26-19/h4-10,16H,11-13H2,1-3H3/t16-/m1/s1. The van der Waals surface area contributed by atoms with Gasteiger partial charge in [0.05, 0.1) is 0 Å². The molecule has 4 rings (SSSR count). The molecule has 1 aromatic carbocycles. The molecule has 2 heterocycles. The predicted octanol–water partition coefficient (Wildman–Crippen LogP) is 5.22. The molecule has 1 aromatic heterocycles. The summed E-state index contributed by atoms with van der Waals surface area (Å²) in [5, 5.41) is 2.02. The van der Waals surface area contributed by atoms with E-state index in [9.17, 15) is 9.59 Å². The number of anilines is 1. The molecule has 0 N–H and O–H groups in total. The van der Waals surface area contributed by atoms with Crippen LogP contribution in [-0.2, 0) is 9.59 Å². The smallest absolute Gasteiger partial charge is 0.232 e. The number of rotatable bonds is 2. The lowest BCUT2D eigenvalue weighted by Crippen LogP contribution is -2.43. The Hall–Kier alpha value is -2.20. The summed E-state index contributed by atoms with van der Waals surface area (Å²) in [6, 6.07) is 12.0. The lowest BCUT2D eigenvalue weighted by atomic mass is 9.70. The van der Waals surface area contributed by atoms with E-state index in [1.807, 2.05) is 48.7 Å². The van der Waals surface area contributed by atoms with Crippen LogP contribution in [0.15, 0.2) is 53.0 Å². The molecule has 1 amide bonds. The molecule has 3 nitrogen and oxygen atoms in total.